The highest BCUT2D eigenvalue weighted by Crippen LogP contribution is 2.33. The molecule has 0 aliphatic carbocycles. The van der Waals surface area contributed by atoms with Crippen LogP contribution in [0.4, 0.5) is 8.78 Å². The van der Waals surface area contributed by atoms with Crippen LogP contribution in [0.1, 0.15) is 12.0 Å². The van der Waals surface area contributed by atoms with Gasteiger partial charge in [0.1, 0.15) is 11.2 Å². The van der Waals surface area contributed by atoms with Crippen molar-refractivity contribution in [2.75, 3.05) is 13.1 Å². The first-order chi connectivity index (χ1) is 18.0. The van der Waals surface area contributed by atoms with Gasteiger partial charge in [-0.2, -0.15) is 5.10 Å². The SMILES string of the molecule is FC1(F)CCN(Cc2cncc(-c3ccc4[nH]nc(-c5cc6c(-c7ccoc7)nccc6[nH]5)c4n3)c2)C1. The Balaban J connectivity index is 1.24. The third-order valence-corrected chi connectivity index (χ3v) is 6.75. The topological polar surface area (TPSA) is 99.5 Å². The standard InChI is InChI=1S/C27H21F2N7O/c28-27(29)5-7-36(15-27)13-16-9-18(12-30-11-16)20-1-2-22-25(33-20)26(35-34-22)23-10-19-21(32-23)3-6-31-24(19)17-4-8-37-14-17/h1-4,6,8-12,14,32H,5,7,13,15H2,(H,34,35). The smallest absolute Gasteiger partial charge is 0.261 e. The van der Waals surface area contributed by atoms with Crippen molar-refractivity contribution in [3.8, 4) is 33.9 Å². The molecule has 6 aromatic heterocycles. The number of rotatable bonds is 5. The number of nitrogens with one attached hydrogen (secondary N) is 2. The molecule has 0 bridgehead atoms. The number of nitrogens with zero attached hydrogens (tertiary/aromatic N) is 5. The summed E-state index contributed by atoms with van der Waals surface area (Å²) in [6.45, 7) is 0.585. The van der Waals surface area contributed by atoms with Crippen molar-refractivity contribution in [3.63, 3.8) is 0 Å². The number of halogens is 2. The first-order valence-electron chi connectivity index (χ1n) is 11.9. The number of aromatic amines is 2. The normalized spacial score (nSPS) is 15.7. The highest BCUT2D eigenvalue weighted by Gasteiger charge is 2.37. The summed E-state index contributed by atoms with van der Waals surface area (Å²) in [5.74, 6) is -2.62. The van der Waals surface area contributed by atoms with E-state index in [9.17, 15) is 8.78 Å². The number of furan rings is 1. The van der Waals surface area contributed by atoms with Crippen molar-refractivity contribution in [1.29, 1.82) is 0 Å². The molecule has 6 aromatic rings. The number of fused-ring (bicyclic) bond motifs is 2. The predicted molar refractivity (Wildman–Crippen MR) is 135 cm³/mol. The second-order valence-corrected chi connectivity index (χ2v) is 9.38. The number of alkyl halides is 2. The maximum absolute atomic E-state index is 13.6. The van der Waals surface area contributed by atoms with Gasteiger partial charge in [0.2, 0.25) is 0 Å². The molecule has 10 heteroatoms. The molecule has 0 amide bonds. The van der Waals surface area contributed by atoms with Gasteiger partial charge >= 0.3 is 0 Å². The van der Waals surface area contributed by atoms with Gasteiger partial charge in [0.15, 0.2) is 0 Å². The van der Waals surface area contributed by atoms with Crippen LogP contribution in [0.25, 0.3) is 55.8 Å². The Morgan fingerprint density at radius 1 is 1.03 bits per heavy atom. The number of hydrogen-bond acceptors (Lipinski definition) is 6. The molecule has 0 atom stereocenters. The fourth-order valence-corrected chi connectivity index (χ4v) is 4.97. The van der Waals surface area contributed by atoms with Gasteiger partial charge in [-0.15, -0.1) is 0 Å². The Morgan fingerprint density at radius 2 is 1.97 bits per heavy atom. The first-order valence-corrected chi connectivity index (χ1v) is 11.9. The Kier molecular flexibility index (Phi) is 4.90. The van der Waals surface area contributed by atoms with Gasteiger partial charge < -0.3 is 9.40 Å². The van der Waals surface area contributed by atoms with Crippen molar-refractivity contribution in [3.05, 3.63) is 73.1 Å². The first kappa shape index (κ1) is 21.8. The van der Waals surface area contributed by atoms with E-state index in [1.165, 1.54) is 0 Å². The van der Waals surface area contributed by atoms with E-state index in [1.54, 1.807) is 36.0 Å². The molecule has 0 aromatic carbocycles. The molecule has 7 rings (SSSR count). The summed E-state index contributed by atoms with van der Waals surface area (Å²) in [5.41, 5.74) is 8.08. The molecule has 1 fully saturated rings. The van der Waals surface area contributed by atoms with Crippen LogP contribution in [-0.2, 0) is 6.54 Å². The van der Waals surface area contributed by atoms with E-state index in [4.69, 9.17) is 9.40 Å². The molecule has 7 heterocycles. The van der Waals surface area contributed by atoms with Crippen LogP contribution in [0.2, 0.25) is 0 Å². The second kappa shape index (κ2) is 8.31. The van der Waals surface area contributed by atoms with Crippen molar-refractivity contribution >= 4 is 21.9 Å². The van der Waals surface area contributed by atoms with E-state index >= 15 is 0 Å². The Morgan fingerprint density at radius 3 is 2.81 bits per heavy atom. The molecule has 0 saturated carbocycles. The Labute approximate surface area is 209 Å². The maximum Gasteiger partial charge on any atom is 0.261 e. The van der Waals surface area contributed by atoms with Crippen LogP contribution in [-0.4, -0.2) is 54.0 Å². The van der Waals surface area contributed by atoms with Crippen LogP contribution in [0.15, 0.2) is 71.9 Å². The van der Waals surface area contributed by atoms with E-state index in [-0.39, 0.29) is 13.0 Å². The van der Waals surface area contributed by atoms with E-state index < -0.39 is 5.92 Å². The van der Waals surface area contributed by atoms with Gasteiger partial charge in [0.25, 0.3) is 5.92 Å². The monoisotopic (exact) mass is 497 g/mol. The lowest BCUT2D eigenvalue weighted by Crippen LogP contribution is -2.24. The molecular formula is C27H21F2N7O. The number of H-pyrrole nitrogens is 2. The van der Waals surface area contributed by atoms with Crippen molar-refractivity contribution in [2.24, 2.45) is 0 Å². The summed E-state index contributed by atoms with van der Waals surface area (Å²) < 4.78 is 32.5. The highest BCUT2D eigenvalue weighted by molar-refractivity contribution is 5.99. The number of aromatic nitrogens is 6. The van der Waals surface area contributed by atoms with Crippen LogP contribution in [0, 0.1) is 0 Å². The van der Waals surface area contributed by atoms with Crippen LogP contribution >= 0.6 is 0 Å². The van der Waals surface area contributed by atoms with E-state index in [1.807, 2.05) is 36.4 Å². The molecule has 1 aliphatic rings. The third-order valence-electron chi connectivity index (χ3n) is 6.75. The Hall–Kier alpha value is -4.44. The molecular weight excluding hydrogens is 476 g/mol. The van der Waals surface area contributed by atoms with Crippen molar-refractivity contribution in [1.82, 2.24) is 35.0 Å². The zero-order valence-electron chi connectivity index (χ0n) is 19.6. The number of likely N-dealkylation sites (tertiary alicyclic amines) is 1. The van der Waals surface area contributed by atoms with Gasteiger partial charge in [-0.05, 0) is 42.0 Å². The number of pyridine rings is 3. The largest absolute Gasteiger partial charge is 0.472 e. The minimum absolute atomic E-state index is 0.102. The third kappa shape index (κ3) is 3.95. The van der Waals surface area contributed by atoms with Crippen molar-refractivity contribution < 1.29 is 13.2 Å². The number of hydrogen-bond donors (Lipinski definition) is 2. The zero-order chi connectivity index (χ0) is 25.0. The van der Waals surface area contributed by atoms with E-state index in [0.29, 0.717) is 24.3 Å². The van der Waals surface area contributed by atoms with Crippen LogP contribution in [0.3, 0.4) is 0 Å². The molecule has 184 valence electrons. The summed E-state index contributed by atoms with van der Waals surface area (Å²) >= 11 is 0. The summed E-state index contributed by atoms with van der Waals surface area (Å²) in [6.07, 6.45) is 8.41. The fourth-order valence-electron chi connectivity index (χ4n) is 4.97. The molecule has 1 saturated heterocycles. The second-order valence-electron chi connectivity index (χ2n) is 9.38. The highest BCUT2D eigenvalue weighted by atomic mass is 19.3. The molecule has 37 heavy (non-hydrogen) atoms. The average molecular weight is 498 g/mol. The van der Waals surface area contributed by atoms with Gasteiger partial charge in [0, 0.05) is 60.1 Å². The summed E-state index contributed by atoms with van der Waals surface area (Å²) in [6, 6.07) is 11.6. The molecule has 1 aliphatic heterocycles. The summed E-state index contributed by atoms with van der Waals surface area (Å²) in [7, 11) is 0. The minimum atomic E-state index is -2.62. The molecule has 0 spiro atoms. The zero-order valence-corrected chi connectivity index (χ0v) is 19.6. The Bertz CT molecular complexity index is 1740. The fraction of sp³-hybridized carbons (Fsp3) is 0.185. The van der Waals surface area contributed by atoms with Crippen molar-refractivity contribution in [2.45, 2.75) is 18.9 Å². The molecule has 0 radical (unpaired) electrons. The van der Waals surface area contributed by atoms with Gasteiger partial charge in [-0.1, -0.05) is 0 Å². The predicted octanol–water partition coefficient (Wildman–Crippen LogP) is 5.66. The summed E-state index contributed by atoms with van der Waals surface area (Å²) in [5, 5.41) is 8.55. The quantitative estimate of drug-likeness (QED) is 0.319. The maximum atomic E-state index is 13.6. The lowest BCUT2D eigenvalue weighted by Gasteiger charge is -2.15. The van der Waals surface area contributed by atoms with Crippen LogP contribution < -0.4 is 0 Å². The average Bonchev–Trinajstić information content (AvgIpc) is 3.69. The van der Waals surface area contributed by atoms with Gasteiger partial charge in [0.05, 0.1) is 41.7 Å². The van der Waals surface area contributed by atoms with E-state index in [0.717, 1.165) is 50.2 Å². The van der Waals surface area contributed by atoms with Gasteiger partial charge in [-0.3, -0.25) is 20.0 Å². The minimum Gasteiger partial charge on any atom is -0.472 e. The van der Waals surface area contributed by atoms with Gasteiger partial charge in [-0.25, -0.2) is 13.8 Å². The molecule has 8 nitrogen and oxygen atoms in total. The lowest BCUT2D eigenvalue weighted by molar-refractivity contribution is 0.0115. The van der Waals surface area contributed by atoms with E-state index in [2.05, 4.69) is 25.1 Å². The molecule has 0 unspecified atom stereocenters. The molecule has 2 N–H and O–H groups in total. The lowest BCUT2D eigenvalue weighted by atomic mass is 10.1. The summed E-state index contributed by atoms with van der Waals surface area (Å²) in [4.78, 5) is 19.0. The van der Waals surface area contributed by atoms with Crippen LogP contribution in [0.5, 0.6) is 0 Å².